The lowest BCUT2D eigenvalue weighted by molar-refractivity contribution is 0.219. The van der Waals surface area contributed by atoms with Gasteiger partial charge in [-0.05, 0) is 29.9 Å². The van der Waals surface area contributed by atoms with Crippen LogP contribution in [-0.4, -0.2) is 14.9 Å². The lowest BCUT2D eigenvalue weighted by atomic mass is 9.96. The second-order valence-corrected chi connectivity index (χ2v) is 4.75. The average molecular weight is 228 g/mol. The van der Waals surface area contributed by atoms with Crippen molar-refractivity contribution >= 4 is 0 Å². The molecule has 1 aliphatic carbocycles. The van der Waals surface area contributed by atoms with Crippen LogP contribution in [0.4, 0.5) is 0 Å². The van der Waals surface area contributed by atoms with E-state index in [0.29, 0.717) is 5.92 Å². The quantitative estimate of drug-likeness (QED) is 0.875. The maximum Gasteiger partial charge on any atom is 0.107 e. The molecule has 1 unspecified atom stereocenters. The van der Waals surface area contributed by atoms with Gasteiger partial charge in [0.2, 0.25) is 0 Å². The molecule has 1 heterocycles. The van der Waals surface area contributed by atoms with Gasteiger partial charge in [0.15, 0.2) is 0 Å². The van der Waals surface area contributed by atoms with Crippen LogP contribution in [0.25, 0.3) is 0 Å². The Hall–Kier alpha value is -1.61. The Labute approximate surface area is 101 Å². The third-order valence-corrected chi connectivity index (χ3v) is 3.35. The molecule has 0 spiro atoms. The minimum absolute atomic E-state index is 0.555. The van der Waals surface area contributed by atoms with Crippen molar-refractivity contribution in [3.8, 4) is 0 Å². The van der Waals surface area contributed by atoms with Crippen LogP contribution in [0.1, 0.15) is 41.6 Å². The highest BCUT2D eigenvalue weighted by atomic mass is 16.3. The smallest absolute Gasteiger partial charge is 0.107 e. The Morgan fingerprint density at radius 3 is 2.76 bits per heavy atom. The van der Waals surface area contributed by atoms with Crippen LogP contribution in [0.15, 0.2) is 36.7 Å². The van der Waals surface area contributed by atoms with Crippen LogP contribution in [0, 0.1) is 0 Å². The summed E-state index contributed by atoms with van der Waals surface area (Å²) in [6.45, 7) is 0. The summed E-state index contributed by atoms with van der Waals surface area (Å²) in [5.74, 6) is 0.650. The zero-order chi connectivity index (χ0) is 11.8. The predicted octanol–water partition coefficient (Wildman–Crippen LogP) is 2.38. The largest absolute Gasteiger partial charge is 0.384 e. The molecule has 3 nitrogen and oxygen atoms in total. The summed E-state index contributed by atoms with van der Waals surface area (Å²) in [4.78, 5) is 0. The number of benzene rings is 1. The molecule has 88 valence electrons. The molecule has 1 fully saturated rings. The molecule has 2 aromatic rings. The summed E-state index contributed by atoms with van der Waals surface area (Å²) in [6.07, 6.45) is 5.54. The Balaban J connectivity index is 1.98. The van der Waals surface area contributed by atoms with Crippen molar-refractivity contribution in [2.24, 2.45) is 7.05 Å². The summed E-state index contributed by atoms with van der Waals surface area (Å²) < 4.78 is 1.72. The first kappa shape index (κ1) is 10.5. The summed E-state index contributed by atoms with van der Waals surface area (Å²) in [6, 6.07) is 8.19. The normalized spacial score (nSPS) is 17.1. The molecule has 1 atom stereocenters. The molecule has 0 saturated heterocycles. The Morgan fingerprint density at radius 1 is 1.35 bits per heavy atom. The van der Waals surface area contributed by atoms with Crippen molar-refractivity contribution in [1.29, 1.82) is 0 Å². The Bertz CT molecular complexity index is 529. The molecule has 0 bridgehead atoms. The zero-order valence-electron chi connectivity index (χ0n) is 9.87. The van der Waals surface area contributed by atoms with Crippen molar-refractivity contribution in [2.45, 2.75) is 24.9 Å². The molecule has 3 rings (SSSR count). The van der Waals surface area contributed by atoms with Gasteiger partial charge in [0, 0.05) is 18.8 Å². The number of rotatable bonds is 3. The molecule has 0 aliphatic heterocycles. The van der Waals surface area contributed by atoms with E-state index in [4.69, 9.17) is 0 Å². The van der Waals surface area contributed by atoms with Crippen LogP contribution in [-0.2, 0) is 7.05 Å². The highest BCUT2D eigenvalue weighted by molar-refractivity contribution is 5.38. The lowest BCUT2D eigenvalue weighted by Gasteiger charge is -2.13. The van der Waals surface area contributed by atoms with Gasteiger partial charge in [-0.15, -0.1) is 0 Å². The zero-order valence-corrected chi connectivity index (χ0v) is 9.87. The SMILES string of the molecule is Cn1cc(C(O)c2ccccc2C2CC2)cn1. The van der Waals surface area contributed by atoms with Crippen molar-refractivity contribution in [3.63, 3.8) is 0 Å². The minimum Gasteiger partial charge on any atom is -0.384 e. The summed E-state index contributed by atoms with van der Waals surface area (Å²) >= 11 is 0. The minimum atomic E-state index is -0.555. The molecule has 0 amide bonds. The van der Waals surface area contributed by atoms with E-state index < -0.39 is 6.10 Å². The molecule has 0 radical (unpaired) electrons. The fourth-order valence-corrected chi connectivity index (χ4v) is 2.29. The molecule has 1 aromatic carbocycles. The third-order valence-electron chi connectivity index (χ3n) is 3.35. The number of aliphatic hydroxyl groups excluding tert-OH is 1. The van der Waals surface area contributed by atoms with E-state index >= 15 is 0 Å². The van der Waals surface area contributed by atoms with Crippen molar-refractivity contribution in [2.75, 3.05) is 0 Å². The van der Waals surface area contributed by atoms with Gasteiger partial charge in [0.25, 0.3) is 0 Å². The van der Waals surface area contributed by atoms with Crippen LogP contribution in [0.2, 0.25) is 0 Å². The van der Waals surface area contributed by atoms with Crippen LogP contribution < -0.4 is 0 Å². The third kappa shape index (κ3) is 1.98. The van der Waals surface area contributed by atoms with Crippen LogP contribution in [0.3, 0.4) is 0 Å². The number of aromatic nitrogens is 2. The van der Waals surface area contributed by atoms with Gasteiger partial charge in [-0.25, -0.2) is 0 Å². The molecule has 3 heteroatoms. The molecule has 17 heavy (non-hydrogen) atoms. The van der Waals surface area contributed by atoms with E-state index in [1.54, 1.807) is 10.9 Å². The highest BCUT2D eigenvalue weighted by Crippen LogP contribution is 2.43. The molecular formula is C14H16N2O. The van der Waals surface area contributed by atoms with Gasteiger partial charge in [0.1, 0.15) is 6.10 Å². The fourth-order valence-electron chi connectivity index (χ4n) is 2.29. The topological polar surface area (TPSA) is 38.0 Å². The standard InChI is InChI=1S/C14H16N2O/c1-16-9-11(8-15-16)14(17)13-5-3-2-4-12(13)10-6-7-10/h2-5,8-10,14,17H,6-7H2,1H3. The number of nitrogens with zero attached hydrogens (tertiary/aromatic N) is 2. The molecule has 1 aromatic heterocycles. The van der Waals surface area contributed by atoms with E-state index in [1.807, 2.05) is 31.4 Å². The van der Waals surface area contributed by atoms with Crippen molar-refractivity contribution < 1.29 is 5.11 Å². The maximum absolute atomic E-state index is 10.4. The van der Waals surface area contributed by atoms with Crippen molar-refractivity contribution in [1.82, 2.24) is 9.78 Å². The van der Waals surface area contributed by atoms with Crippen molar-refractivity contribution in [3.05, 3.63) is 53.3 Å². The Morgan fingerprint density at radius 2 is 2.12 bits per heavy atom. The fraction of sp³-hybridized carbons (Fsp3) is 0.357. The van der Waals surface area contributed by atoms with Gasteiger partial charge >= 0.3 is 0 Å². The van der Waals surface area contributed by atoms with E-state index in [9.17, 15) is 5.11 Å². The van der Waals surface area contributed by atoms with Crippen LogP contribution >= 0.6 is 0 Å². The maximum atomic E-state index is 10.4. The highest BCUT2D eigenvalue weighted by Gasteiger charge is 2.28. The van der Waals surface area contributed by atoms with E-state index in [-0.39, 0.29) is 0 Å². The van der Waals surface area contributed by atoms with Gasteiger partial charge < -0.3 is 5.11 Å². The predicted molar refractivity (Wildman–Crippen MR) is 65.7 cm³/mol. The summed E-state index contributed by atoms with van der Waals surface area (Å²) in [5.41, 5.74) is 3.19. The molecule has 1 N–H and O–H groups in total. The van der Waals surface area contributed by atoms with E-state index in [2.05, 4.69) is 11.2 Å². The molecule has 1 aliphatic rings. The Kier molecular flexibility index (Phi) is 2.48. The monoisotopic (exact) mass is 228 g/mol. The van der Waals surface area contributed by atoms with E-state index in [0.717, 1.165) is 11.1 Å². The number of hydrogen-bond donors (Lipinski definition) is 1. The van der Waals surface area contributed by atoms with Crippen LogP contribution in [0.5, 0.6) is 0 Å². The van der Waals surface area contributed by atoms with Gasteiger partial charge in [-0.1, -0.05) is 24.3 Å². The first-order chi connectivity index (χ1) is 8.25. The van der Waals surface area contributed by atoms with Gasteiger partial charge in [-0.3, -0.25) is 4.68 Å². The average Bonchev–Trinajstić information content (AvgIpc) is 3.11. The number of aryl methyl sites for hydroxylation is 1. The molecule has 1 saturated carbocycles. The second-order valence-electron chi connectivity index (χ2n) is 4.75. The number of hydrogen-bond acceptors (Lipinski definition) is 2. The lowest BCUT2D eigenvalue weighted by Crippen LogP contribution is -2.02. The first-order valence-electron chi connectivity index (χ1n) is 6.01. The van der Waals surface area contributed by atoms with E-state index in [1.165, 1.54) is 18.4 Å². The number of aliphatic hydroxyl groups is 1. The summed E-state index contributed by atoms with van der Waals surface area (Å²) in [5, 5.41) is 14.5. The first-order valence-corrected chi connectivity index (χ1v) is 6.01. The molecular weight excluding hydrogens is 212 g/mol. The summed E-state index contributed by atoms with van der Waals surface area (Å²) in [7, 11) is 1.86. The second kappa shape index (κ2) is 4.00. The van der Waals surface area contributed by atoms with Gasteiger partial charge in [-0.2, -0.15) is 5.10 Å². The van der Waals surface area contributed by atoms with Gasteiger partial charge in [0.05, 0.1) is 6.20 Å².